The molecule has 0 fully saturated rings. The molecule has 110 valence electrons. The monoisotopic (exact) mass is 314 g/mol. The van der Waals surface area contributed by atoms with Crippen LogP contribution < -0.4 is 4.74 Å². The summed E-state index contributed by atoms with van der Waals surface area (Å²) in [6.45, 7) is 0. The smallest absolute Gasteiger partial charge is 0.219 e. The summed E-state index contributed by atoms with van der Waals surface area (Å²) < 4.78 is 7.18. The maximum absolute atomic E-state index is 9.15. The van der Waals surface area contributed by atoms with Crippen LogP contribution in [0.2, 0.25) is 5.02 Å². The minimum absolute atomic E-state index is 0.322. The van der Waals surface area contributed by atoms with Crippen molar-refractivity contribution in [3.63, 3.8) is 0 Å². The van der Waals surface area contributed by atoms with E-state index in [0.29, 0.717) is 28.1 Å². The van der Waals surface area contributed by atoms with Gasteiger partial charge in [0.1, 0.15) is 12.1 Å². The standard InChI is InChI=1S/C15H11ClN4O2/c16-12-2-4-13(5-3-12)22-14-6-1-11(9-18-14)15(19-21)20-8-7-17-10-20/h1-10,21H/b19-15-. The van der Waals surface area contributed by atoms with Gasteiger partial charge < -0.3 is 9.94 Å². The predicted molar refractivity (Wildman–Crippen MR) is 81.7 cm³/mol. The molecule has 7 heteroatoms. The number of halogens is 1. The lowest BCUT2D eigenvalue weighted by Gasteiger charge is -2.07. The molecule has 1 aromatic carbocycles. The summed E-state index contributed by atoms with van der Waals surface area (Å²) >= 11 is 5.82. The van der Waals surface area contributed by atoms with Gasteiger partial charge in [0.05, 0.1) is 0 Å². The Morgan fingerprint density at radius 3 is 2.59 bits per heavy atom. The fourth-order valence-electron chi connectivity index (χ4n) is 1.84. The van der Waals surface area contributed by atoms with E-state index in [1.54, 1.807) is 59.6 Å². The lowest BCUT2D eigenvalue weighted by molar-refractivity contribution is 0.317. The molecule has 0 radical (unpaired) electrons. The number of imidazole rings is 1. The number of hydrogen-bond donors (Lipinski definition) is 1. The number of pyridine rings is 1. The highest BCUT2D eigenvalue weighted by atomic mass is 35.5. The topological polar surface area (TPSA) is 72.5 Å². The maximum atomic E-state index is 9.15. The normalized spacial score (nSPS) is 11.4. The van der Waals surface area contributed by atoms with Crippen molar-refractivity contribution < 1.29 is 9.94 Å². The fourth-order valence-corrected chi connectivity index (χ4v) is 1.97. The number of rotatable bonds is 3. The van der Waals surface area contributed by atoms with Crippen LogP contribution in [0.25, 0.3) is 0 Å². The fraction of sp³-hybridized carbons (Fsp3) is 0. The second kappa shape index (κ2) is 6.28. The Morgan fingerprint density at radius 1 is 1.18 bits per heavy atom. The molecule has 0 aliphatic carbocycles. The van der Waals surface area contributed by atoms with E-state index in [-0.39, 0.29) is 0 Å². The highest BCUT2D eigenvalue weighted by Crippen LogP contribution is 2.21. The first-order chi connectivity index (χ1) is 10.8. The van der Waals surface area contributed by atoms with Crippen LogP contribution in [-0.4, -0.2) is 25.6 Å². The minimum atomic E-state index is 0.322. The van der Waals surface area contributed by atoms with Crippen molar-refractivity contribution in [2.75, 3.05) is 0 Å². The molecule has 0 aliphatic rings. The van der Waals surface area contributed by atoms with E-state index < -0.39 is 0 Å². The number of nitrogens with zero attached hydrogens (tertiary/aromatic N) is 4. The van der Waals surface area contributed by atoms with Gasteiger partial charge in [0.25, 0.3) is 0 Å². The van der Waals surface area contributed by atoms with E-state index in [4.69, 9.17) is 21.5 Å². The van der Waals surface area contributed by atoms with Crippen LogP contribution in [0, 0.1) is 0 Å². The number of aromatic nitrogens is 3. The zero-order valence-corrected chi connectivity index (χ0v) is 12.1. The second-order valence-corrected chi connectivity index (χ2v) is 4.77. The van der Waals surface area contributed by atoms with Gasteiger partial charge in [0.15, 0.2) is 5.84 Å². The SMILES string of the molecule is O/N=C(/c1ccc(Oc2ccc(Cl)cc2)nc1)n1ccnc1. The van der Waals surface area contributed by atoms with Gasteiger partial charge in [-0.2, -0.15) is 0 Å². The third-order valence-electron chi connectivity index (χ3n) is 2.87. The van der Waals surface area contributed by atoms with Crippen molar-refractivity contribution >= 4 is 17.4 Å². The third-order valence-corrected chi connectivity index (χ3v) is 3.13. The highest BCUT2D eigenvalue weighted by Gasteiger charge is 2.08. The minimum Gasteiger partial charge on any atom is -0.439 e. The van der Waals surface area contributed by atoms with E-state index in [9.17, 15) is 0 Å². The number of oxime groups is 1. The lowest BCUT2D eigenvalue weighted by Crippen LogP contribution is -2.11. The van der Waals surface area contributed by atoms with E-state index in [2.05, 4.69) is 15.1 Å². The molecule has 2 aromatic heterocycles. The molecule has 0 aliphatic heterocycles. The molecule has 3 aromatic rings. The van der Waals surface area contributed by atoms with Gasteiger partial charge in [-0.25, -0.2) is 9.97 Å². The van der Waals surface area contributed by atoms with Crippen LogP contribution in [0.1, 0.15) is 5.56 Å². The first-order valence-electron chi connectivity index (χ1n) is 6.36. The lowest BCUT2D eigenvalue weighted by atomic mass is 10.2. The van der Waals surface area contributed by atoms with Crippen LogP contribution in [0.15, 0.2) is 66.5 Å². The van der Waals surface area contributed by atoms with Gasteiger partial charge in [0.2, 0.25) is 5.88 Å². The van der Waals surface area contributed by atoms with Crippen molar-refractivity contribution in [3.05, 3.63) is 71.9 Å². The summed E-state index contributed by atoms with van der Waals surface area (Å²) in [7, 11) is 0. The Bertz CT molecular complexity index is 768. The Morgan fingerprint density at radius 2 is 2.00 bits per heavy atom. The molecule has 0 saturated carbocycles. The van der Waals surface area contributed by atoms with Crippen molar-refractivity contribution in [2.24, 2.45) is 5.16 Å². The molecule has 22 heavy (non-hydrogen) atoms. The summed E-state index contributed by atoms with van der Waals surface area (Å²) in [6, 6.07) is 10.4. The van der Waals surface area contributed by atoms with Crippen molar-refractivity contribution in [1.82, 2.24) is 14.5 Å². The van der Waals surface area contributed by atoms with Crippen molar-refractivity contribution in [1.29, 1.82) is 0 Å². The molecule has 6 nitrogen and oxygen atoms in total. The molecule has 0 saturated heterocycles. The number of hydrogen-bond acceptors (Lipinski definition) is 5. The van der Waals surface area contributed by atoms with Crippen LogP contribution in [0.3, 0.4) is 0 Å². The molecule has 0 spiro atoms. The third kappa shape index (κ3) is 3.07. The number of benzene rings is 1. The van der Waals surface area contributed by atoms with Crippen molar-refractivity contribution in [2.45, 2.75) is 0 Å². The molecular formula is C15H11ClN4O2. The van der Waals surface area contributed by atoms with E-state index in [1.165, 1.54) is 6.33 Å². The molecule has 0 unspecified atom stereocenters. The van der Waals surface area contributed by atoms with Crippen molar-refractivity contribution in [3.8, 4) is 11.6 Å². The number of ether oxygens (including phenoxy) is 1. The second-order valence-electron chi connectivity index (χ2n) is 4.33. The largest absolute Gasteiger partial charge is 0.439 e. The molecular weight excluding hydrogens is 304 g/mol. The van der Waals surface area contributed by atoms with Gasteiger partial charge in [-0.1, -0.05) is 16.8 Å². The summed E-state index contributed by atoms with van der Waals surface area (Å²) in [5.41, 5.74) is 0.629. The quantitative estimate of drug-likeness (QED) is 0.348. The van der Waals surface area contributed by atoms with Gasteiger partial charge in [-0.05, 0) is 30.3 Å². The van der Waals surface area contributed by atoms with Crippen LogP contribution in [0.5, 0.6) is 11.6 Å². The summed E-state index contributed by atoms with van der Waals surface area (Å²) in [5.74, 6) is 1.38. The average Bonchev–Trinajstić information content (AvgIpc) is 3.06. The molecule has 0 atom stereocenters. The van der Waals surface area contributed by atoms with E-state index >= 15 is 0 Å². The Kier molecular flexibility index (Phi) is 4.02. The summed E-state index contributed by atoms with van der Waals surface area (Å²) in [6.07, 6.45) is 6.36. The molecule has 2 heterocycles. The van der Waals surface area contributed by atoms with E-state index in [0.717, 1.165) is 0 Å². The Labute approximate surface area is 131 Å². The first-order valence-corrected chi connectivity index (χ1v) is 6.74. The van der Waals surface area contributed by atoms with Gasteiger partial charge in [0, 0.05) is 35.2 Å². The van der Waals surface area contributed by atoms with Gasteiger partial charge in [-0.3, -0.25) is 4.57 Å². The van der Waals surface area contributed by atoms with Crippen LogP contribution in [-0.2, 0) is 0 Å². The molecule has 0 bridgehead atoms. The summed E-state index contributed by atoms with van der Waals surface area (Å²) in [4.78, 5) is 8.11. The molecule has 3 rings (SSSR count). The summed E-state index contributed by atoms with van der Waals surface area (Å²) in [5, 5.41) is 13.1. The average molecular weight is 315 g/mol. The zero-order valence-electron chi connectivity index (χ0n) is 11.3. The first kappa shape index (κ1) is 14.1. The van der Waals surface area contributed by atoms with Gasteiger partial charge in [-0.15, -0.1) is 0 Å². The highest BCUT2D eigenvalue weighted by molar-refractivity contribution is 6.30. The van der Waals surface area contributed by atoms with E-state index in [1.807, 2.05) is 0 Å². The maximum Gasteiger partial charge on any atom is 0.219 e. The van der Waals surface area contributed by atoms with Crippen LogP contribution in [0.4, 0.5) is 0 Å². The molecule has 1 N–H and O–H groups in total. The van der Waals surface area contributed by atoms with Gasteiger partial charge >= 0.3 is 0 Å². The predicted octanol–water partition coefficient (Wildman–Crippen LogP) is 3.41. The zero-order chi connectivity index (χ0) is 15.4. The Balaban J connectivity index is 1.79. The molecule has 0 amide bonds. The Hall–Kier alpha value is -2.86. The van der Waals surface area contributed by atoms with Crippen LogP contribution >= 0.6 is 11.6 Å².